The molecule has 2 heterocycles. The summed E-state index contributed by atoms with van der Waals surface area (Å²) in [7, 11) is 0. The number of carbonyl (C=O) groups excluding carboxylic acids is 1. The largest absolute Gasteiger partial charge is 0.368 e. The van der Waals surface area contributed by atoms with Crippen molar-refractivity contribution in [3.05, 3.63) is 46.6 Å². The van der Waals surface area contributed by atoms with Gasteiger partial charge in [0.2, 0.25) is 5.95 Å². The van der Waals surface area contributed by atoms with Gasteiger partial charge < -0.3 is 16.0 Å². The molecule has 2 aromatic rings. The molecule has 0 saturated carbocycles. The van der Waals surface area contributed by atoms with E-state index in [0.717, 1.165) is 37.1 Å². The number of hydrogen-bond acceptors (Lipinski definition) is 5. The van der Waals surface area contributed by atoms with E-state index < -0.39 is 0 Å². The van der Waals surface area contributed by atoms with Crippen LogP contribution in [0.5, 0.6) is 0 Å². The summed E-state index contributed by atoms with van der Waals surface area (Å²) >= 11 is 5.84. The molecule has 120 valence electrons. The van der Waals surface area contributed by atoms with Crippen LogP contribution in [-0.4, -0.2) is 33.9 Å². The summed E-state index contributed by atoms with van der Waals surface area (Å²) in [4.78, 5) is 22.0. The second-order valence-electron chi connectivity index (χ2n) is 5.48. The smallest absolute Gasteiger partial charge is 0.253 e. The molecule has 1 aromatic heterocycles. The average molecular weight is 332 g/mol. The van der Waals surface area contributed by atoms with Gasteiger partial charge in [0.25, 0.3) is 5.91 Å². The Morgan fingerprint density at radius 2 is 1.91 bits per heavy atom. The van der Waals surface area contributed by atoms with Gasteiger partial charge in [-0.25, -0.2) is 4.98 Å². The predicted molar refractivity (Wildman–Crippen MR) is 90.4 cm³/mol. The fraction of sp³-hybridized carbons (Fsp3) is 0.312. The Bertz CT molecular complexity index is 678. The lowest BCUT2D eigenvalue weighted by atomic mass is 10.1. The Labute approximate surface area is 139 Å². The van der Waals surface area contributed by atoms with Crippen molar-refractivity contribution in [2.75, 3.05) is 24.1 Å². The van der Waals surface area contributed by atoms with Gasteiger partial charge in [-0.2, -0.15) is 4.98 Å². The van der Waals surface area contributed by atoms with E-state index >= 15 is 0 Å². The van der Waals surface area contributed by atoms with Crippen LogP contribution in [0.15, 0.2) is 30.3 Å². The van der Waals surface area contributed by atoms with Gasteiger partial charge in [-0.05, 0) is 30.5 Å². The molecule has 1 saturated heterocycles. The lowest BCUT2D eigenvalue weighted by Gasteiger charge is -2.15. The number of nitrogen functional groups attached to an aromatic ring is 1. The summed E-state index contributed by atoms with van der Waals surface area (Å²) in [5, 5.41) is 3.43. The number of nitrogens with one attached hydrogen (secondary N) is 1. The summed E-state index contributed by atoms with van der Waals surface area (Å²) in [6.45, 7) is 2.28. The van der Waals surface area contributed by atoms with Gasteiger partial charge in [-0.15, -0.1) is 0 Å². The summed E-state index contributed by atoms with van der Waals surface area (Å²) in [5.74, 6) is 0.809. The average Bonchev–Trinajstić information content (AvgIpc) is 3.06. The van der Waals surface area contributed by atoms with Crippen molar-refractivity contribution in [2.45, 2.75) is 19.4 Å². The lowest BCUT2D eigenvalue weighted by molar-refractivity contribution is 0.0793. The van der Waals surface area contributed by atoms with Crippen LogP contribution in [0.1, 0.15) is 28.8 Å². The van der Waals surface area contributed by atoms with E-state index in [1.54, 1.807) is 6.07 Å². The standard InChI is InChI=1S/C16H18ClN5O/c17-13-9-14(21-16(18)20-13)19-10-11-3-5-12(6-4-11)15(23)22-7-1-2-8-22/h3-6,9H,1-2,7-8,10H2,(H3,18,19,20,21). The normalized spacial score (nSPS) is 14.0. The Balaban J connectivity index is 1.62. The molecule has 0 atom stereocenters. The van der Waals surface area contributed by atoms with E-state index in [0.29, 0.717) is 17.5 Å². The molecule has 0 aliphatic carbocycles. The highest BCUT2D eigenvalue weighted by Crippen LogP contribution is 2.16. The van der Waals surface area contributed by atoms with Crippen LogP contribution in [0.25, 0.3) is 0 Å². The van der Waals surface area contributed by atoms with Crippen LogP contribution < -0.4 is 11.1 Å². The molecule has 0 bridgehead atoms. The first kappa shape index (κ1) is 15.6. The number of anilines is 2. The number of nitrogens with zero attached hydrogens (tertiary/aromatic N) is 3. The first-order chi connectivity index (χ1) is 11.1. The molecule has 0 spiro atoms. The molecule has 6 nitrogen and oxygen atoms in total. The molecule has 3 rings (SSSR count). The number of carbonyl (C=O) groups is 1. The number of likely N-dealkylation sites (tertiary alicyclic amines) is 1. The van der Waals surface area contributed by atoms with Gasteiger partial charge in [0.15, 0.2) is 0 Å². The molecule has 1 amide bonds. The molecule has 7 heteroatoms. The van der Waals surface area contributed by atoms with Crippen molar-refractivity contribution in [3.8, 4) is 0 Å². The van der Waals surface area contributed by atoms with Crippen LogP contribution >= 0.6 is 11.6 Å². The predicted octanol–water partition coefficient (Wildman–Crippen LogP) is 2.56. The van der Waals surface area contributed by atoms with Crippen molar-refractivity contribution in [2.24, 2.45) is 0 Å². The zero-order valence-electron chi connectivity index (χ0n) is 12.6. The Hall–Kier alpha value is -2.34. The number of hydrogen-bond donors (Lipinski definition) is 2. The van der Waals surface area contributed by atoms with Gasteiger partial charge in [-0.1, -0.05) is 23.7 Å². The van der Waals surface area contributed by atoms with Crippen LogP contribution in [0.2, 0.25) is 5.15 Å². The number of rotatable bonds is 4. The lowest BCUT2D eigenvalue weighted by Crippen LogP contribution is -2.27. The first-order valence-corrected chi connectivity index (χ1v) is 7.92. The van der Waals surface area contributed by atoms with Crippen LogP contribution in [0.3, 0.4) is 0 Å². The van der Waals surface area contributed by atoms with Gasteiger partial charge in [0.05, 0.1) is 0 Å². The van der Waals surface area contributed by atoms with E-state index in [1.165, 1.54) is 0 Å². The summed E-state index contributed by atoms with van der Waals surface area (Å²) in [5.41, 5.74) is 7.32. The van der Waals surface area contributed by atoms with Crippen LogP contribution in [0, 0.1) is 0 Å². The minimum Gasteiger partial charge on any atom is -0.368 e. The molecule has 1 aromatic carbocycles. The number of halogens is 1. The highest BCUT2D eigenvalue weighted by atomic mass is 35.5. The molecular formula is C16H18ClN5O. The highest BCUT2D eigenvalue weighted by Gasteiger charge is 2.19. The van der Waals surface area contributed by atoms with Crippen LogP contribution in [0.4, 0.5) is 11.8 Å². The van der Waals surface area contributed by atoms with E-state index in [2.05, 4.69) is 15.3 Å². The van der Waals surface area contributed by atoms with Crippen LogP contribution in [-0.2, 0) is 6.54 Å². The molecular weight excluding hydrogens is 314 g/mol. The number of nitrogens with two attached hydrogens (primary N) is 1. The second kappa shape index (κ2) is 6.83. The maximum Gasteiger partial charge on any atom is 0.253 e. The van der Waals surface area contributed by atoms with Gasteiger partial charge in [0.1, 0.15) is 11.0 Å². The maximum absolute atomic E-state index is 12.3. The van der Waals surface area contributed by atoms with E-state index in [9.17, 15) is 4.79 Å². The van der Waals surface area contributed by atoms with Crippen molar-refractivity contribution in [1.29, 1.82) is 0 Å². The number of amides is 1. The molecule has 1 aliphatic heterocycles. The quantitative estimate of drug-likeness (QED) is 0.841. The topological polar surface area (TPSA) is 84.1 Å². The third-order valence-corrected chi connectivity index (χ3v) is 3.97. The van der Waals surface area contributed by atoms with Crippen molar-refractivity contribution >= 4 is 29.3 Å². The van der Waals surface area contributed by atoms with E-state index in [-0.39, 0.29) is 11.9 Å². The second-order valence-corrected chi connectivity index (χ2v) is 5.87. The minimum atomic E-state index is 0.109. The third kappa shape index (κ3) is 3.90. The summed E-state index contributed by atoms with van der Waals surface area (Å²) in [6, 6.07) is 9.20. The Morgan fingerprint density at radius 3 is 2.57 bits per heavy atom. The SMILES string of the molecule is Nc1nc(Cl)cc(NCc2ccc(C(=O)N3CCCC3)cc2)n1. The molecule has 1 fully saturated rings. The zero-order valence-corrected chi connectivity index (χ0v) is 13.4. The molecule has 23 heavy (non-hydrogen) atoms. The number of benzene rings is 1. The fourth-order valence-corrected chi connectivity index (χ4v) is 2.78. The van der Waals surface area contributed by atoms with Crippen molar-refractivity contribution < 1.29 is 4.79 Å². The Morgan fingerprint density at radius 1 is 1.22 bits per heavy atom. The molecule has 0 unspecified atom stereocenters. The molecule has 3 N–H and O–H groups in total. The van der Waals surface area contributed by atoms with E-state index in [1.807, 2.05) is 29.2 Å². The van der Waals surface area contributed by atoms with Gasteiger partial charge >= 0.3 is 0 Å². The number of aromatic nitrogens is 2. The first-order valence-electron chi connectivity index (χ1n) is 7.54. The zero-order chi connectivity index (χ0) is 16.2. The van der Waals surface area contributed by atoms with Crippen molar-refractivity contribution in [3.63, 3.8) is 0 Å². The highest BCUT2D eigenvalue weighted by molar-refractivity contribution is 6.29. The van der Waals surface area contributed by atoms with Gasteiger partial charge in [-0.3, -0.25) is 4.79 Å². The molecule has 0 radical (unpaired) electrons. The van der Waals surface area contributed by atoms with Crippen molar-refractivity contribution in [1.82, 2.24) is 14.9 Å². The summed E-state index contributed by atoms with van der Waals surface area (Å²) < 4.78 is 0. The summed E-state index contributed by atoms with van der Waals surface area (Å²) in [6.07, 6.45) is 2.19. The van der Waals surface area contributed by atoms with Gasteiger partial charge in [0, 0.05) is 31.3 Å². The monoisotopic (exact) mass is 331 g/mol. The minimum absolute atomic E-state index is 0.109. The van der Waals surface area contributed by atoms with E-state index in [4.69, 9.17) is 17.3 Å². The molecule has 1 aliphatic rings. The maximum atomic E-state index is 12.3. The fourth-order valence-electron chi connectivity index (χ4n) is 2.59. The Kier molecular flexibility index (Phi) is 4.62. The third-order valence-electron chi connectivity index (χ3n) is 3.78.